The summed E-state index contributed by atoms with van der Waals surface area (Å²) in [5.74, 6) is 0.152. The first-order valence-corrected chi connectivity index (χ1v) is 7.17. The maximum absolute atomic E-state index is 12.3. The second-order valence-electron chi connectivity index (χ2n) is 3.41. The van der Waals surface area contributed by atoms with Crippen LogP contribution >= 0.6 is 38.9 Å². The van der Waals surface area contributed by atoms with Crippen molar-refractivity contribution in [2.45, 2.75) is 11.4 Å². The molecule has 2 aromatic rings. The number of hydrogen-bond acceptors (Lipinski definition) is 2. The van der Waals surface area contributed by atoms with Crippen molar-refractivity contribution in [1.82, 2.24) is 0 Å². The summed E-state index contributed by atoms with van der Waals surface area (Å²) >= 11 is 11.0. The molecule has 1 nitrogen and oxygen atoms in total. The summed E-state index contributed by atoms with van der Waals surface area (Å²) in [5, 5.41) is 2.46. The van der Waals surface area contributed by atoms with Crippen LogP contribution in [0.5, 0.6) is 5.75 Å². The van der Waals surface area contributed by atoms with Crippen molar-refractivity contribution < 1.29 is 13.5 Å². The summed E-state index contributed by atoms with van der Waals surface area (Å²) in [7, 11) is 0. The Labute approximate surface area is 120 Å². The lowest BCUT2D eigenvalue weighted by Gasteiger charge is -2.14. The van der Waals surface area contributed by atoms with E-state index < -0.39 is 6.61 Å². The lowest BCUT2D eigenvalue weighted by Crippen LogP contribution is -2.05. The summed E-state index contributed by atoms with van der Waals surface area (Å²) in [6, 6.07) is 8.43. The van der Waals surface area contributed by atoms with Crippen molar-refractivity contribution in [2.24, 2.45) is 0 Å². The Bertz CT molecular complexity index is 532. The number of thiophene rings is 1. The molecule has 2 rings (SSSR count). The third kappa shape index (κ3) is 3.02. The van der Waals surface area contributed by atoms with Gasteiger partial charge >= 0.3 is 6.61 Å². The van der Waals surface area contributed by atoms with E-state index in [2.05, 4.69) is 20.7 Å². The molecule has 0 saturated carbocycles. The first kappa shape index (κ1) is 13.8. The fraction of sp³-hybridized carbons (Fsp3) is 0.167. The third-order valence-corrected chi connectivity index (χ3v) is 4.96. The Hall–Kier alpha value is -0.650. The molecule has 96 valence electrons. The van der Waals surface area contributed by atoms with Crippen LogP contribution < -0.4 is 4.74 Å². The van der Waals surface area contributed by atoms with Gasteiger partial charge in [0, 0.05) is 10.4 Å². The molecule has 0 N–H and O–H groups in total. The van der Waals surface area contributed by atoms with Crippen molar-refractivity contribution in [3.05, 3.63) is 51.2 Å². The van der Waals surface area contributed by atoms with Crippen LogP contribution in [-0.4, -0.2) is 6.61 Å². The summed E-state index contributed by atoms with van der Waals surface area (Å²) < 4.78 is 29.2. The highest BCUT2D eigenvalue weighted by atomic mass is 79.9. The largest absolute Gasteiger partial charge is 0.434 e. The molecule has 0 bridgehead atoms. The fourth-order valence-corrected chi connectivity index (χ4v) is 3.76. The minimum Gasteiger partial charge on any atom is -0.434 e. The van der Waals surface area contributed by atoms with Gasteiger partial charge in [0.15, 0.2) is 0 Å². The average molecular weight is 354 g/mol. The standard InChI is InChI=1S/C12H8BrClF2OS/c13-10(11-8(14)5-6-18-11)7-3-1-2-4-9(7)17-12(15)16/h1-6,10,12H. The topological polar surface area (TPSA) is 9.23 Å². The van der Waals surface area contributed by atoms with E-state index in [1.165, 1.54) is 17.4 Å². The van der Waals surface area contributed by atoms with Gasteiger partial charge in [-0.2, -0.15) is 8.78 Å². The van der Waals surface area contributed by atoms with Gasteiger partial charge < -0.3 is 4.74 Å². The Morgan fingerprint density at radius 2 is 1.94 bits per heavy atom. The lowest BCUT2D eigenvalue weighted by molar-refractivity contribution is -0.0503. The number of rotatable bonds is 4. The number of halogens is 4. The van der Waals surface area contributed by atoms with E-state index in [-0.39, 0.29) is 10.6 Å². The second kappa shape index (κ2) is 5.99. The van der Waals surface area contributed by atoms with E-state index in [1.54, 1.807) is 24.3 Å². The normalized spacial score (nSPS) is 12.7. The van der Waals surface area contributed by atoms with Crippen LogP contribution in [0.4, 0.5) is 8.78 Å². The van der Waals surface area contributed by atoms with Gasteiger partial charge in [-0.3, -0.25) is 0 Å². The molecule has 0 radical (unpaired) electrons. The average Bonchev–Trinajstić information content (AvgIpc) is 2.74. The first-order chi connectivity index (χ1) is 8.59. The van der Waals surface area contributed by atoms with Gasteiger partial charge in [-0.15, -0.1) is 11.3 Å². The van der Waals surface area contributed by atoms with Crippen LogP contribution in [0.3, 0.4) is 0 Å². The van der Waals surface area contributed by atoms with Crippen molar-refractivity contribution in [3.8, 4) is 5.75 Å². The number of para-hydroxylation sites is 1. The third-order valence-electron chi connectivity index (χ3n) is 2.28. The molecule has 1 aromatic heterocycles. The molecular formula is C12H8BrClF2OS. The number of ether oxygens (including phenoxy) is 1. The number of benzene rings is 1. The van der Waals surface area contributed by atoms with Gasteiger partial charge in [0.2, 0.25) is 0 Å². The molecule has 0 aliphatic rings. The zero-order chi connectivity index (χ0) is 13.1. The molecule has 1 aromatic carbocycles. The van der Waals surface area contributed by atoms with Gasteiger partial charge in [0.25, 0.3) is 0 Å². The fourth-order valence-electron chi connectivity index (χ4n) is 1.52. The summed E-state index contributed by atoms with van der Waals surface area (Å²) in [5.41, 5.74) is 0.627. The highest BCUT2D eigenvalue weighted by Crippen LogP contribution is 2.42. The zero-order valence-electron chi connectivity index (χ0n) is 8.95. The molecule has 0 saturated heterocycles. The predicted octanol–water partition coefficient (Wildman–Crippen LogP) is 5.49. The second-order valence-corrected chi connectivity index (χ2v) is 5.68. The Balaban J connectivity index is 2.36. The molecule has 0 spiro atoms. The van der Waals surface area contributed by atoms with Crippen molar-refractivity contribution in [2.75, 3.05) is 0 Å². The van der Waals surface area contributed by atoms with E-state index >= 15 is 0 Å². The predicted molar refractivity (Wildman–Crippen MR) is 73.2 cm³/mol. The summed E-state index contributed by atoms with van der Waals surface area (Å²) in [6.07, 6.45) is 0. The molecule has 0 amide bonds. The Morgan fingerprint density at radius 1 is 1.22 bits per heavy atom. The van der Waals surface area contributed by atoms with Crippen LogP contribution in [0.15, 0.2) is 35.7 Å². The van der Waals surface area contributed by atoms with Crippen LogP contribution in [0, 0.1) is 0 Å². The van der Waals surface area contributed by atoms with Gasteiger partial charge in [-0.25, -0.2) is 0 Å². The van der Waals surface area contributed by atoms with Gasteiger partial charge in [-0.1, -0.05) is 45.7 Å². The van der Waals surface area contributed by atoms with Gasteiger partial charge in [0.1, 0.15) is 5.75 Å². The molecule has 0 aliphatic carbocycles. The van der Waals surface area contributed by atoms with E-state index in [0.717, 1.165) is 4.88 Å². The molecule has 1 heterocycles. The van der Waals surface area contributed by atoms with Gasteiger partial charge in [-0.05, 0) is 17.5 Å². The maximum atomic E-state index is 12.3. The summed E-state index contributed by atoms with van der Waals surface area (Å²) in [4.78, 5) is 0.599. The number of alkyl halides is 3. The molecule has 0 aliphatic heterocycles. The molecule has 1 atom stereocenters. The highest BCUT2D eigenvalue weighted by Gasteiger charge is 2.20. The van der Waals surface area contributed by atoms with Crippen LogP contribution in [-0.2, 0) is 0 Å². The van der Waals surface area contributed by atoms with E-state index in [4.69, 9.17) is 11.6 Å². The summed E-state index contributed by atoms with van der Waals surface area (Å²) in [6.45, 7) is -2.84. The van der Waals surface area contributed by atoms with Crippen molar-refractivity contribution in [1.29, 1.82) is 0 Å². The van der Waals surface area contributed by atoms with E-state index in [1.807, 2.05) is 5.38 Å². The van der Waals surface area contributed by atoms with Crippen LogP contribution in [0.1, 0.15) is 15.3 Å². The van der Waals surface area contributed by atoms with Crippen LogP contribution in [0.25, 0.3) is 0 Å². The number of hydrogen-bond donors (Lipinski definition) is 0. The molecule has 18 heavy (non-hydrogen) atoms. The smallest absolute Gasteiger partial charge is 0.387 e. The molecule has 6 heteroatoms. The Kier molecular flexibility index (Phi) is 4.59. The van der Waals surface area contributed by atoms with Crippen LogP contribution in [0.2, 0.25) is 5.02 Å². The first-order valence-electron chi connectivity index (χ1n) is 5.00. The maximum Gasteiger partial charge on any atom is 0.387 e. The Morgan fingerprint density at radius 3 is 2.56 bits per heavy atom. The highest BCUT2D eigenvalue weighted by molar-refractivity contribution is 9.09. The van der Waals surface area contributed by atoms with Crippen molar-refractivity contribution >= 4 is 38.9 Å². The quantitative estimate of drug-likeness (QED) is 0.661. The SMILES string of the molecule is FC(F)Oc1ccccc1C(Br)c1sccc1Cl. The molecule has 1 unspecified atom stereocenters. The van der Waals surface area contributed by atoms with Crippen molar-refractivity contribution in [3.63, 3.8) is 0 Å². The minimum absolute atomic E-state index is 0.152. The molecule has 0 fully saturated rings. The molecular weight excluding hydrogens is 346 g/mol. The van der Waals surface area contributed by atoms with E-state index in [9.17, 15) is 8.78 Å². The van der Waals surface area contributed by atoms with E-state index in [0.29, 0.717) is 10.6 Å². The zero-order valence-corrected chi connectivity index (χ0v) is 12.1. The minimum atomic E-state index is -2.84. The monoisotopic (exact) mass is 352 g/mol. The lowest BCUT2D eigenvalue weighted by atomic mass is 10.1. The van der Waals surface area contributed by atoms with Gasteiger partial charge in [0.05, 0.1) is 9.85 Å².